The van der Waals surface area contributed by atoms with Crippen LogP contribution in [0.1, 0.15) is 16.2 Å². The van der Waals surface area contributed by atoms with Gasteiger partial charge in [-0.1, -0.05) is 23.1 Å². The molecule has 0 bridgehead atoms. The van der Waals surface area contributed by atoms with Crippen molar-refractivity contribution in [1.82, 2.24) is 20.2 Å². The number of carbonyl (C=O) groups excluding carboxylic acids is 1. The zero-order valence-corrected chi connectivity index (χ0v) is 16.3. The third kappa shape index (κ3) is 4.81. The van der Waals surface area contributed by atoms with E-state index in [-0.39, 0.29) is 5.56 Å². The molecule has 2 N–H and O–H groups in total. The van der Waals surface area contributed by atoms with Crippen molar-refractivity contribution in [2.75, 3.05) is 32.7 Å². The molecule has 0 amide bonds. The summed E-state index contributed by atoms with van der Waals surface area (Å²) in [6.07, 6.45) is 0. The van der Waals surface area contributed by atoms with E-state index in [9.17, 15) is 9.59 Å². The van der Waals surface area contributed by atoms with E-state index in [2.05, 4.69) is 25.5 Å². The van der Waals surface area contributed by atoms with Crippen molar-refractivity contribution in [2.24, 2.45) is 0 Å². The Balaban J connectivity index is 1.73. The molecular weight excluding hydrogens is 390 g/mol. The van der Waals surface area contributed by atoms with Crippen LogP contribution in [0.4, 0.5) is 5.13 Å². The molecule has 142 valence electrons. The van der Waals surface area contributed by atoms with Crippen LogP contribution in [-0.2, 0) is 15.2 Å². The molecule has 0 radical (unpaired) electrons. The number of H-pyrrole nitrogens is 1. The molecule has 11 heteroatoms. The van der Waals surface area contributed by atoms with Crippen LogP contribution < -0.4 is 10.9 Å². The van der Waals surface area contributed by atoms with Crippen molar-refractivity contribution in [3.05, 3.63) is 39.9 Å². The molecule has 2 heterocycles. The molecule has 27 heavy (non-hydrogen) atoms. The van der Waals surface area contributed by atoms with Crippen LogP contribution in [-0.4, -0.2) is 53.5 Å². The number of aromatic nitrogens is 4. The van der Waals surface area contributed by atoms with Crippen molar-refractivity contribution in [2.45, 2.75) is 10.1 Å². The monoisotopic (exact) mass is 407 g/mol. The van der Waals surface area contributed by atoms with Crippen LogP contribution in [0, 0.1) is 0 Å². The normalized spacial score (nSPS) is 10.9. The zero-order chi connectivity index (χ0) is 19.2. The van der Waals surface area contributed by atoms with Crippen molar-refractivity contribution in [1.29, 1.82) is 0 Å². The summed E-state index contributed by atoms with van der Waals surface area (Å²) in [7, 11) is 2.94. The second-order valence-corrected chi connectivity index (χ2v) is 7.52. The van der Waals surface area contributed by atoms with E-state index in [1.165, 1.54) is 30.2 Å². The second-order valence-electron chi connectivity index (χ2n) is 5.32. The third-order valence-electron chi connectivity index (χ3n) is 3.50. The molecule has 0 saturated carbocycles. The number of nitrogens with zero attached hydrogens (tertiary/aromatic N) is 3. The minimum absolute atomic E-state index is 0.258. The highest BCUT2D eigenvalue weighted by molar-refractivity contribution is 8.00. The van der Waals surface area contributed by atoms with Gasteiger partial charge in [0, 0.05) is 13.7 Å². The van der Waals surface area contributed by atoms with E-state index in [1.54, 1.807) is 25.3 Å². The lowest BCUT2D eigenvalue weighted by atomic mass is 10.1. The average molecular weight is 407 g/mol. The largest absolute Gasteiger partial charge is 0.465 e. The maximum Gasteiger partial charge on any atom is 0.337 e. The summed E-state index contributed by atoms with van der Waals surface area (Å²) in [4.78, 5) is 31.1. The molecule has 0 atom stereocenters. The minimum Gasteiger partial charge on any atom is -0.465 e. The molecule has 0 saturated heterocycles. The fraction of sp³-hybridized carbons (Fsp3) is 0.312. The maximum atomic E-state index is 12.2. The Bertz CT molecular complexity index is 1000. The summed E-state index contributed by atoms with van der Waals surface area (Å²) in [6, 6.07) is 4.65. The Labute approximate surface area is 162 Å². The molecule has 1 aromatic carbocycles. The number of fused-ring (bicyclic) bond motifs is 1. The van der Waals surface area contributed by atoms with Gasteiger partial charge in [-0.25, -0.2) is 9.78 Å². The quantitative estimate of drug-likeness (QED) is 0.328. The summed E-state index contributed by atoms with van der Waals surface area (Å²) in [5.74, 6) is 0.432. The standard InChI is InChI=1S/C16H17N5O4S2/c1-24-6-5-17-15-20-21-16(27-15)26-8-12-18-11-7-9(14(23)25-2)3-4-10(11)13(22)19-12/h3-4,7H,5-6,8H2,1-2H3,(H,17,20)(H,18,19,22). The summed E-state index contributed by atoms with van der Waals surface area (Å²) < 4.78 is 10.4. The molecule has 0 aliphatic rings. The van der Waals surface area contributed by atoms with Gasteiger partial charge in [-0.2, -0.15) is 0 Å². The van der Waals surface area contributed by atoms with Crippen molar-refractivity contribution in [3.8, 4) is 0 Å². The van der Waals surface area contributed by atoms with Crippen LogP contribution in [0.25, 0.3) is 10.9 Å². The molecular formula is C16H17N5O4S2. The second kappa shape index (κ2) is 8.93. The summed E-state index contributed by atoms with van der Waals surface area (Å²) >= 11 is 2.83. The molecule has 2 aromatic heterocycles. The van der Waals surface area contributed by atoms with Crippen LogP contribution in [0.3, 0.4) is 0 Å². The molecule has 0 aliphatic heterocycles. The Morgan fingerprint density at radius 2 is 2.19 bits per heavy atom. The molecule has 0 aliphatic carbocycles. The highest BCUT2D eigenvalue weighted by Crippen LogP contribution is 2.27. The SMILES string of the molecule is COCCNc1nnc(SCc2nc3cc(C(=O)OC)ccc3c(=O)[nH]2)s1. The number of aromatic amines is 1. The number of hydrogen-bond donors (Lipinski definition) is 2. The van der Waals surface area contributed by atoms with E-state index >= 15 is 0 Å². The zero-order valence-electron chi connectivity index (χ0n) is 14.6. The summed E-state index contributed by atoms with van der Waals surface area (Å²) in [5, 5.41) is 12.4. The highest BCUT2D eigenvalue weighted by Gasteiger charge is 2.11. The predicted octanol–water partition coefficient (Wildman–Crippen LogP) is 1.91. The van der Waals surface area contributed by atoms with Crippen LogP contribution in [0.2, 0.25) is 0 Å². The number of methoxy groups -OCH3 is 2. The number of rotatable bonds is 8. The first-order valence-electron chi connectivity index (χ1n) is 7.91. The van der Waals surface area contributed by atoms with Crippen molar-refractivity contribution < 1.29 is 14.3 Å². The average Bonchev–Trinajstić information content (AvgIpc) is 3.13. The maximum absolute atomic E-state index is 12.2. The van der Waals surface area contributed by atoms with Gasteiger partial charge in [0.25, 0.3) is 5.56 Å². The number of ether oxygens (including phenoxy) is 2. The number of carbonyl (C=O) groups is 1. The van der Waals surface area contributed by atoms with Crippen LogP contribution in [0.15, 0.2) is 27.3 Å². The van der Waals surface area contributed by atoms with E-state index < -0.39 is 5.97 Å². The first-order valence-corrected chi connectivity index (χ1v) is 9.71. The molecule has 0 unspecified atom stereocenters. The first kappa shape index (κ1) is 19.3. The Kier molecular flexibility index (Phi) is 6.37. The predicted molar refractivity (Wildman–Crippen MR) is 104 cm³/mol. The van der Waals surface area contributed by atoms with Gasteiger partial charge in [-0.15, -0.1) is 10.2 Å². The smallest absolute Gasteiger partial charge is 0.337 e. The Morgan fingerprint density at radius 1 is 1.33 bits per heavy atom. The number of thioether (sulfide) groups is 1. The van der Waals surface area contributed by atoms with Gasteiger partial charge in [0.15, 0.2) is 4.34 Å². The van der Waals surface area contributed by atoms with E-state index in [4.69, 9.17) is 9.47 Å². The first-order chi connectivity index (χ1) is 13.1. The molecule has 3 rings (SSSR count). The van der Waals surface area contributed by atoms with Gasteiger partial charge in [0.05, 0.1) is 35.9 Å². The fourth-order valence-electron chi connectivity index (χ4n) is 2.23. The number of esters is 1. The Morgan fingerprint density at radius 3 is 2.96 bits per heavy atom. The lowest BCUT2D eigenvalue weighted by Crippen LogP contribution is -2.12. The molecule has 9 nitrogen and oxygen atoms in total. The summed E-state index contributed by atoms with van der Waals surface area (Å²) in [5.41, 5.74) is 0.528. The Hall–Kier alpha value is -2.50. The minimum atomic E-state index is -0.475. The highest BCUT2D eigenvalue weighted by atomic mass is 32.2. The van der Waals surface area contributed by atoms with Gasteiger partial charge >= 0.3 is 5.97 Å². The van der Waals surface area contributed by atoms with Gasteiger partial charge in [0.2, 0.25) is 5.13 Å². The lowest BCUT2D eigenvalue weighted by molar-refractivity contribution is 0.0601. The van der Waals surface area contributed by atoms with Gasteiger partial charge < -0.3 is 19.8 Å². The summed E-state index contributed by atoms with van der Waals surface area (Å²) in [6.45, 7) is 1.23. The van der Waals surface area contributed by atoms with Gasteiger partial charge in [-0.05, 0) is 18.2 Å². The molecule has 0 fully saturated rings. The van der Waals surface area contributed by atoms with E-state index in [0.29, 0.717) is 46.3 Å². The fourth-order valence-corrected chi connectivity index (χ4v) is 3.88. The third-order valence-corrected chi connectivity index (χ3v) is 5.52. The lowest BCUT2D eigenvalue weighted by Gasteiger charge is -2.04. The molecule has 3 aromatic rings. The topological polar surface area (TPSA) is 119 Å². The number of benzene rings is 1. The van der Waals surface area contributed by atoms with E-state index in [0.717, 1.165) is 4.34 Å². The van der Waals surface area contributed by atoms with E-state index in [1.807, 2.05) is 0 Å². The number of nitrogens with one attached hydrogen (secondary N) is 2. The van der Waals surface area contributed by atoms with Crippen molar-refractivity contribution >= 4 is 45.1 Å². The van der Waals surface area contributed by atoms with Gasteiger partial charge in [0.1, 0.15) is 5.82 Å². The van der Waals surface area contributed by atoms with Crippen LogP contribution >= 0.6 is 23.1 Å². The molecule has 0 spiro atoms. The number of anilines is 1. The van der Waals surface area contributed by atoms with Crippen molar-refractivity contribution in [3.63, 3.8) is 0 Å². The number of hydrogen-bond acceptors (Lipinski definition) is 10. The van der Waals surface area contributed by atoms with Crippen LogP contribution in [0.5, 0.6) is 0 Å². The van der Waals surface area contributed by atoms with Gasteiger partial charge in [-0.3, -0.25) is 4.79 Å².